The molecule has 1 aromatic carbocycles. The minimum atomic E-state index is -1.42. The zero-order valence-electron chi connectivity index (χ0n) is 18.8. The van der Waals surface area contributed by atoms with Crippen molar-refractivity contribution in [2.24, 2.45) is 5.41 Å². The number of esters is 1. The van der Waals surface area contributed by atoms with Gasteiger partial charge in [-0.25, -0.2) is 0 Å². The SMILES string of the molecule is CC(C)(C)C(NC(=O)c1ccc(N)c(Cl)c1)C(=O)N1CCC[C@H]1C(=O)N[C@H]1CC(=O)OC1O. The summed E-state index contributed by atoms with van der Waals surface area (Å²) in [5.74, 6) is -1.97. The molecule has 2 heterocycles. The molecule has 0 saturated carbocycles. The van der Waals surface area contributed by atoms with Crippen molar-refractivity contribution in [1.29, 1.82) is 0 Å². The number of halogens is 1. The van der Waals surface area contributed by atoms with E-state index in [1.54, 1.807) is 0 Å². The number of cyclic esters (lactones) is 1. The van der Waals surface area contributed by atoms with Crippen molar-refractivity contribution in [3.63, 3.8) is 0 Å². The van der Waals surface area contributed by atoms with Gasteiger partial charge in [-0.05, 0) is 36.5 Å². The van der Waals surface area contributed by atoms with Gasteiger partial charge in [0.1, 0.15) is 18.1 Å². The number of nitrogen functional groups attached to an aromatic ring is 1. The summed E-state index contributed by atoms with van der Waals surface area (Å²) >= 11 is 6.02. The Hall–Kier alpha value is -2.85. The van der Waals surface area contributed by atoms with E-state index in [0.717, 1.165) is 0 Å². The standard InChI is InChI=1S/C22H29ClN4O6/c1-22(2,3)17(26-18(29)11-6-7-13(24)12(23)9-11)20(31)27-8-4-5-15(27)19(30)25-14-10-16(28)33-21(14)32/h6-7,9,14-15,17,21,32H,4-5,8,10,24H2,1-3H3,(H,25,30)(H,26,29)/t14-,15-,17?,21?/m0/s1. The topological polar surface area (TPSA) is 151 Å². The van der Waals surface area contributed by atoms with Crippen LogP contribution in [0.4, 0.5) is 5.69 Å². The normalized spacial score (nSPS) is 23.7. The number of benzene rings is 1. The van der Waals surface area contributed by atoms with Crippen LogP contribution >= 0.6 is 11.6 Å². The molecule has 2 unspecified atom stereocenters. The van der Waals surface area contributed by atoms with Crippen LogP contribution in [-0.2, 0) is 19.1 Å². The molecular weight excluding hydrogens is 452 g/mol. The van der Waals surface area contributed by atoms with Crippen LogP contribution in [0, 0.1) is 5.41 Å². The molecule has 10 nitrogen and oxygen atoms in total. The van der Waals surface area contributed by atoms with Gasteiger partial charge in [0, 0.05) is 12.1 Å². The molecule has 5 N–H and O–H groups in total. The van der Waals surface area contributed by atoms with Crippen molar-refractivity contribution >= 4 is 41.0 Å². The third-order valence-electron chi connectivity index (χ3n) is 5.80. The van der Waals surface area contributed by atoms with Gasteiger partial charge in [0.05, 0.1) is 17.1 Å². The number of likely N-dealkylation sites (tertiary alicyclic amines) is 1. The predicted molar refractivity (Wildman–Crippen MR) is 120 cm³/mol. The number of carbonyl (C=O) groups excluding carboxylic acids is 4. The number of amides is 3. The zero-order chi connectivity index (χ0) is 24.5. The number of nitrogens with zero attached hydrogens (tertiary/aromatic N) is 1. The second-order valence-electron chi connectivity index (χ2n) is 9.40. The Morgan fingerprint density at radius 2 is 2.00 bits per heavy atom. The van der Waals surface area contributed by atoms with Gasteiger partial charge in [0.25, 0.3) is 5.91 Å². The summed E-state index contributed by atoms with van der Waals surface area (Å²) in [6.45, 7) is 5.79. The van der Waals surface area contributed by atoms with E-state index in [-0.39, 0.29) is 17.0 Å². The van der Waals surface area contributed by atoms with Crippen LogP contribution in [0.3, 0.4) is 0 Å². The van der Waals surface area contributed by atoms with Crippen LogP contribution in [0.5, 0.6) is 0 Å². The van der Waals surface area contributed by atoms with Crippen LogP contribution in [0.1, 0.15) is 50.4 Å². The molecule has 2 fully saturated rings. The lowest BCUT2D eigenvalue weighted by Crippen LogP contribution is -2.58. The zero-order valence-corrected chi connectivity index (χ0v) is 19.5. The summed E-state index contributed by atoms with van der Waals surface area (Å²) in [6, 6.07) is 1.89. The Morgan fingerprint density at radius 1 is 1.30 bits per heavy atom. The Morgan fingerprint density at radius 3 is 2.58 bits per heavy atom. The number of anilines is 1. The molecule has 33 heavy (non-hydrogen) atoms. The average Bonchev–Trinajstić information content (AvgIpc) is 3.33. The van der Waals surface area contributed by atoms with E-state index in [0.29, 0.717) is 25.1 Å². The number of ether oxygens (including phenoxy) is 1. The maximum Gasteiger partial charge on any atom is 0.310 e. The molecule has 0 bridgehead atoms. The Balaban J connectivity index is 1.75. The fourth-order valence-corrected chi connectivity index (χ4v) is 4.13. The van der Waals surface area contributed by atoms with Crippen LogP contribution < -0.4 is 16.4 Å². The molecule has 1 aromatic rings. The molecule has 2 aliphatic rings. The molecule has 3 amide bonds. The van der Waals surface area contributed by atoms with Gasteiger partial charge in [-0.15, -0.1) is 0 Å². The van der Waals surface area contributed by atoms with E-state index in [1.807, 2.05) is 20.8 Å². The highest BCUT2D eigenvalue weighted by Gasteiger charge is 2.43. The van der Waals surface area contributed by atoms with Gasteiger partial charge in [0.15, 0.2) is 0 Å². The maximum atomic E-state index is 13.5. The van der Waals surface area contributed by atoms with Gasteiger partial charge in [-0.2, -0.15) is 0 Å². The Bertz CT molecular complexity index is 963. The van der Waals surface area contributed by atoms with E-state index in [4.69, 9.17) is 17.3 Å². The summed E-state index contributed by atoms with van der Waals surface area (Å²) < 4.78 is 4.65. The van der Waals surface area contributed by atoms with E-state index in [1.165, 1.54) is 23.1 Å². The number of aliphatic hydroxyl groups excluding tert-OH is 1. The summed E-state index contributed by atoms with van der Waals surface area (Å²) in [5, 5.41) is 15.4. The number of rotatable bonds is 5. The highest BCUT2D eigenvalue weighted by molar-refractivity contribution is 6.33. The lowest BCUT2D eigenvalue weighted by atomic mass is 9.85. The van der Waals surface area contributed by atoms with E-state index < -0.39 is 53.5 Å². The van der Waals surface area contributed by atoms with E-state index >= 15 is 0 Å². The van der Waals surface area contributed by atoms with Crippen LogP contribution in [0.15, 0.2) is 18.2 Å². The van der Waals surface area contributed by atoms with Crippen molar-refractivity contribution < 1.29 is 29.0 Å². The van der Waals surface area contributed by atoms with Gasteiger partial charge in [-0.1, -0.05) is 32.4 Å². The number of nitrogens with two attached hydrogens (primary N) is 1. The summed E-state index contributed by atoms with van der Waals surface area (Å²) in [6.07, 6.45) is -0.531. The Labute approximate surface area is 196 Å². The maximum absolute atomic E-state index is 13.5. The van der Waals surface area contributed by atoms with E-state index in [9.17, 15) is 24.3 Å². The first-order valence-electron chi connectivity index (χ1n) is 10.7. The average molecular weight is 481 g/mol. The Kier molecular flexibility index (Phi) is 7.18. The van der Waals surface area contributed by atoms with E-state index in [2.05, 4.69) is 15.4 Å². The second-order valence-corrected chi connectivity index (χ2v) is 9.81. The molecular formula is C22H29ClN4O6. The van der Waals surface area contributed by atoms with Gasteiger partial charge in [-0.3, -0.25) is 19.2 Å². The second kappa shape index (κ2) is 9.56. The quantitative estimate of drug-likeness (QED) is 0.359. The largest absolute Gasteiger partial charge is 0.434 e. The van der Waals surface area contributed by atoms with Crippen LogP contribution in [0.2, 0.25) is 5.02 Å². The molecule has 3 rings (SSSR count). The fraction of sp³-hybridized carbons (Fsp3) is 0.545. The van der Waals surface area contributed by atoms with Gasteiger partial charge < -0.3 is 31.1 Å². The van der Waals surface area contributed by atoms with Crippen LogP contribution in [0.25, 0.3) is 0 Å². The van der Waals surface area contributed by atoms with Crippen molar-refractivity contribution in [3.05, 3.63) is 28.8 Å². The molecule has 11 heteroatoms. The molecule has 2 saturated heterocycles. The van der Waals surface area contributed by atoms with Crippen molar-refractivity contribution in [2.45, 2.75) is 64.4 Å². The highest BCUT2D eigenvalue weighted by Crippen LogP contribution is 2.27. The monoisotopic (exact) mass is 480 g/mol. The number of carbonyl (C=O) groups is 4. The molecule has 0 aliphatic carbocycles. The first-order chi connectivity index (χ1) is 15.4. The molecule has 180 valence electrons. The minimum Gasteiger partial charge on any atom is -0.434 e. The lowest BCUT2D eigenvalue weighted by Gasteiger charge is -2.35. The minimum absolute atomic E-state index is 0.140. The van der Waals surface area contributed by atoms with Crippen LogP contribution in [-0.4, -0.2) is 64.7 Å². The molecule has 2 aliphatic heterocycles. The summed E-state index contributed by atoms with van der Waals surface area (Å²) in [4.78, 5) is 52.0. The number of nitrogens with one attached hydrogen (secondary N) is 2. The number of hydrogen-bond acceptors (Lipinski definition) is 7. The van der Waals surface area contributed by atoms with Gasteiger partial charge >= 0.3 is 5.97 Å². The number of aliphatic hydroxyl groups is 1. The molecule has 4 atom stereocenters. The predicted octanol–water partition coefficient (Wildman–Crippen LogP) is 0.808. The summed E-state index contributed by atoms with van der Waals surface area (Å²) in [7, 11) is 0. The third-order valence-corrected chi connectivity index (χ3v) is 6.13. The molecule has 0 spiro atoms. The lowest BCUT2D eigenvalue weighted by molar-refractivity contribution is -0.155. The molecule has 0 radical (unpaired) electrons. The summed E-state index contributed by atoms with van der Waals surface area (Å²) in [5.41, 5.74) is 5.64. The first-order valence-corrected chi connectivity index (χ1v) is 11.1. The highest BCUT2D eigenvalue weighted by atomic mass is 35.5. The van der Waals surface area contributed by atoms with Gasteiger partial charge in [0.2, 0.25) is 18.1 Å². The van der Waals surface area contributed by atoms with Crippen molar-refractivity contribution in [2.75, 3.05) is 12.3 Å². The smallest absolute Gasteiger partial charge is 0.310 e. The van der Waals surface area contributed by atoms with Crippen molar-refractivity contribution in [1.82, 2.24) is 15.5 Å². The van der Waals surface area contributed by atoms with Crippen molar-refractivity contribution in [3.8, 4) is 0 Å². The third kappa shape index (κ3) is 5.56. The number of hydrogen-bond donors (Lipinski definition) is 4. The molecule has 0 aromatic heterocycles. The first kappa shape index (κ1) is 24.8. The fourth-order valence-electron chi connectivity index (χ4n) is 3.95.